The van der Waals surface area contributed by atoms with Crippen molar-refractivity contribution in [1.29, 1.82) is 5.26 Å². The molecule has 0 amide bonds. The summed E-state index contributed by atoms with van der Waals surface area (Å²) in [7, 11) is 0. The number of nitrogens with two attached hydrogens (primary N) is 1. The molecule has 1 rings (SSSR count). The van der Waals surface area contributed by atoms with Crippen molar-refractivity contribution in [3.63, 3.8) is 0 Å². The molecule has 0 radical (unpaired) electrons. The van der Waals surface area contributed by atoms with Crippen LogP contribution in [0.15, 0.2) is 18.2 Å². The van der Waals surface area contributed by atoms with Gasteiger partial charge in [-0.05, 0) is 11.6 Å². The van der Waals surface area contributed by atoms with Crippen LogP contribution in [-0.2, 0) is 0 Å². The maximum absolute atomic E-state index is 12.9. The summed E-state index contributed by atoms with van der Waals surface area (Å²) in [5, 5.41) is 8.40. The Morgan fingerprint density at radius 2 is 2.31 bits per heavy atom. The van der Waals surface area contributed by atoms with Gasteiger partial charge >= 0.3 is 0 Å². The Hall–Kier alpha value is -1.11. The molecule has 0 aliphatic rings. The minimum atomic E-state index is -0.520. The van der Waals surface area contributed by atoms with Crippen molar-refractivity contribution < 1.29 is 4.39 Å². The van der Waals surface area contributed by atoms with Crippen LogP contribution in [0, 0.1) is 17.1 Å². The number of halogens is 2. The van der Waals surface area contributed by atoms with Gasteiger partial charge in [0.25, 0.3) is 0 Å². The average Bonchev–Trinajstić information content (AvgIpc) is 2.10. The van der Waals surface area contributed by atoms with Crippen LogP contribution in [0.2, 0.25) is 5.02 Å². The highest BCUT2D eigenvalue weighted by atomic mass is 35.5. The van der Waals surface area contributed by atoms with Crippen LogP contribution in [0.5, 0.6) is 0 Å². The second-order valence-corrected chi connectivity index (χ2v) is 2.99. The predicted molar refractivity (Wildman–Crippen MR) is 48.6 cm³/mol. The fraction of sp³-hybridized carbons (Fsp3) is 0.222. The number of nitriles is 1. The third-order valence-corrected chi connectivity index (χ3v) is 2.09. The van der Waals surface area contributed by atoms with Crippen LogP contribution in [0.3, 0.4) is 0 Å². The fourth-order valence-electron chi connectivity index (χ4n) is 1.02. The predicted octanol–water partition coefficient (Wildman–Crippen LogP) is 2.39. The minimum Gasteiger partial charge on any atom is -0.323 e. The van der Waals surface area contributed by atoms with E-state index in [0.29, 0.717) is 5.56 Å². The SMILES string of the molecule is N#CC[C@H](N)c1cccc(F)c1Cl. The van der Waals surface area contributed by atoms with Crippen LogP contribution in [0.1, 0.15) is 18.0 Å². The number of rotatable bonds is 2. The molecule has 0 aromatic heterocycles. The summed E-state index contributed by atoms with van der Waals surface area (Å²) in [6, 6.07) is 5.78. The van der Waals surface area contributed by atoms with Gasteiger partial charge in [0.1, 0.15) is 5.82 Å². The van der Waals surface area contributed by atoms with E-state index in [9.17, 15) is 4.39 Å². The summed E-state index contributed by atoms with van der Waals surface area (Å²) < 4.78 is 12.9. The summed E-state index contributed by atoms with van der Waals surface area (Å²) in [6.07, 6.45) is 0.128. The molecule has 0 saturated carbocycles. The zero-order valence-corrected chi connectivity index (χ0v) is 7.55. The van der Waals surface area contributed by atoms with Crippen molar-refractivity contribution in [2.24, 2.45) is 5.73 Å². The number of hydrogen-bond donors (Lipinski definition) is 1. The van der Waals surface area contributed by atoms with Gasteiger partial charge in [-0.1, -0.05) is 23.7 Å². The van der Waals surface area contributed by atoms with Crippen molar-refractivity contribution in [3.05, 3.63) is 34.6 Å². The van der Waals surface area contributed by atoms with Gasteiger partial charge in [-0.3, -0.25) is 0 Å². The van der Waals surface area contributed by atoms with E-state index in [2.05, 4.69) is 0 Å². The van der Waals surface area contributed by atoms with E-state index in [4.69, 9.17) is 22.6 Å². The zero-order chi connectivity index (χ0) is 9.84. The van der Waals surface area contributed by atoms with Crippen LogP contribution in [-0.4, -0.2) is 0 Å². The number of benzene rings is 1. The minimum absolute atomic E-state index is 0.00486. The Kier molecular flexibility index (Phi) is 3.24. The third-order valence-electron chi connectivity index (χ3n) is 1.69. The molecule has 68 valence electrons. The molecule has 0 aliphatic carbocycles. The first-order chi connectivity index (χ1) is 6.16. The fourth-order valence-corrected chi connectivity index (χ4v) is 1.28. The van der Waals surface area contributed by atoms with Crippen molar-refractivity contribution in [2.45, 2.75) is 12.5 Å². The Balaban J connectivity index is 3.02. The Labute approximate surface area is 80.7 Å². The molecule has 0 saturated heterocycles. The lowest BCUT2D eigenvalue weighted by molar-refractivity contribution is 0.620. The first-order valence-electron chi connectivity index (χ1n) is 3.73. The summed E-state index contributed by atoms with van der Waals surface area (Å²) in [5.74, 6) is -0.507. The first-order valence-corrected chi connectivity index (χ1v) is 4.11. The molecule has 0 aliphatic heterocycles. The largest absolute Gasteiger partial charge is 0.323 e. The van der Waals surface area contributed by atoms with Crippen LogP contribution >= 0.6 is 11.6 Å². The maximum Gasteiger partial charge on any atom is 0.142 e. The molecule has 0 fully saturated rings. The van der Waals surface area contributed by atoms with Gasteiger partial charge in [0, 0.05) is 6.04 Å². The molecular formula is C9H8ClFN2. The highest BCUT2D eigenvalue weighted by Crippen LogP contribution is 2.25. The molecule has 1 aromatic rings. The lowest BCUT2D eigenvalue weighted by atomic mass is 10.1. The molecule has 2 nitrogen and oxygen atoms in total. The smallest absolute Gasteiger partial charge is 0.142 e. The van der Waals surface area contributed by atoms with E-state index in [-0.39, 0.29) is 11.4 Å². The van der Waals surface area contributed by atoms with Gasteiger partial charge in [0.05, 0.1) is 17.5 Å². The zero-order valence-electron chi connectivity index (χ0n) is 6.80. The molecule has 0 bridgehead atoms. The van der Waals surface area contributed by atoms with E-state index in [1.54, 1.807) is 6.07 Å². The molecule has 4 heteroatoms. The van der Waals surface area contributed by atoms with E-state index in [1.807, 2.05) is 6.07 Å². The normalized spacial score (nSPS) is 12.2. The Morgan fingerprint density at radius 3 is 2.92 bits per heavy atom. The Bertz CT molecular complexity index is 346. The number of nitrogens with zero attached hydrogens (tertiary/aromatic N) is 1. The van der Waals surface area contributed by atoms with Crippen molar-refractivity contribution in [2.75, 3.05) is 0 Å². The topological polar surface area (TPSA) is 49.8 Å². The maximum atomic E-state index is 12.9. The van der Waals surface area contributed by atoms with Crippen LogP contribution < -0.4 is 5.73 Å². The van der Waals surface area contributed by atoms with Crippen molar-refractivity contribution in [1.82, 2.24) is 0 Å². The monoisotopic (exact) mass is 198 g/mol. The molecule has 0 spiro atoms. The van der Waals surface area contributed by atoms with Gasteiger partial charge in [-0.2, -0.15) is 5.26 Å². The van der Waals surface area contributed by atoms with Gasteiger partial charge < -0.3 is 5.73 Å². The quantitative estimate of drug-likeness (QED) is 0.793. The molecular weight excluding hydrogens is 191 g/mol. The summed E-state index contributed by atoms with van der Waals surface area (Å²) in [6.45, 7) is 0. The van der Waals surface area contributed by atoms with E-state index in [0.717, 1.165) is 0 Å². The summed E-state index contributed by atoms with van der Waals surface area (Å²) in [5.41, 5.74) is 6.08. The van der Waals surface area contributed by atoms with E-state index < -0.39 is 11.9 Å². The van der Waals surface area contributed by atoms with E-state index >= 15 is 0 Å². The highest BCUT2D eigenvalue weighted by Gasteiger charge is 2.12. The van der Waals surface area contributed by atoms with Gasteiger partial charge in [-0.25, -0.2) is 4.39 Å². The lowest BCUT2D eigenvalue weighted by Gasteiger charge is -2.09. The van der Waals surface area contributed by atoms with Crippen molar-refractivity contribution in [3.8, 4) is 6.07 Å². The average molecular weight is 199 g/mol. The first kappa shape index (κ1) is 9.97. The molecule has 1 aromatic carbocycles. The van der Waals surface area contributed by atoms with Crippen LogP contribution in [0.25, 0.3) is 0 Å². The lowest BCUT2D eigenvalue weighted by Crippen LogP contribution is -2.10. The Morgan fingerprint density at radius 1 is 1.62 bits per heavy atom. The second kappa shape index (κ2) is 4.22. The number of hydrogen-bond acceptors (Lipinski definition) is 2. The van der Waals surface area contributed by atoms with Gasteiger partial charge in [0.15, 0.2) is 0 Å². The third kappa shape index (κ3) is 2.18. The molecule has 13 heavy (non-hydrogen) atoms. The molecule has 1 atom stereocenters. The molecule has 0 heterocycles. The van der Waals surface area contributed by atoms with Crippen LogP contribution in [0.4, 0.5) is 4.39 Å². The summed E-state index contributed by atoms with van der Waals surface area (Å²) >= 11 is 5.66. The van der Waals surface area contributed by atoms with Gasteiger partial charge in [0.2, 0.25) is 0 Å². The molecule has 2 N–H and O–H groups in total. The second-order valence-electron chi connectivity index (χ2n) is 2.61. The van der Waals surface area contributed by atoms with Gasteiger partial charge in [-0.15, -0.1) is 0 Å². The van der Waals surface area contributed by atoms with E-state index in [1.165, 1.54) is 12.1 Å². The van der Waals surface area contributed by atoms with Crippen molar-refractivity contribution >= 4 is 11.6 Å². The molecule has 0 unspecified atom stereocenters. The highest BCUT2D eigenvalue weighted by molar-refractivity contribution is 6.31. The summed E-state index contributed by atoms with van der Waals surface area (Å²) in [4.78, 5) is 0. The standard InChI is InChI=1S/C9H8ClFN2/c10-9-6(8(13)4-5-12)2-1-3-7(9)11/h1-3,8H,4,13H2/t8-/m0/s1.